The van der Waals surface area contributed by atoms with E-state index in [1.807, 2.05) is 128 Å². The van der Waals surface area contributed by atoms with Gasteiger partial charge in [0.2, 0.25) is 0 Å². The molecule has 4 aromatic carbocycles. The van der Waals surface area contributed by atoms with Crippen LogP contribution in [0.1, 0.15) is 237 Å². The Morgan fingerprint density at radius 2 is 0.675 bits per heavy atom. The highest BCUT2D eigenvalue weighted by molar-refractivity contribution is 5.72. The number of nitrogens with zero attached hydrogens (tertiary/aromatic N) is 6. The second kappa shape index (κ2) is 40.5. The summed E-state index contributed by atoms with van der Waals surface area (Å²) >= 11 is 0. The van der Waals surface area contributed by atoms with Crippen LogP contribution >= 0.6 is 0 Å². The topological polar surface area (TPSA) is 250 Å². The lowest BCUT2D eigenvalue weighted by atomic mass is 9.68. The molecule has 0 heterocycles. The van der Waals surface area contributed by atoms with Crippen LogP contribution < -0.4 is 10.6 Å². The average Bonchev–Trinajstić information content (AvgIpc) is 1.62. The van der Waals surface area contributed by atoms with Gasteiger partial charge in [0.1, 0.15) is 16.8 Å². The Morgan fingerprint density at radius 1 is 0.386 bits per heavy atom. The number of amides is 3. The van der Waals surface area contributed by atoms with Crippen LogP contribution in [-0.2, 0) is 42.9 Å². The van der Waals surface area contributed by atoms with Crippen molar-refractivity contribution in [2.45, 2.75) is 255 Å². The van der Waals surface area contributed by atoms with Crippen molar-refractivity contribution in [3.8, 4) is 0 Å². The number of ether oxygens (including phenoxy) is 5. The molecule has 0 bridgehead atoms. The Labute approximate surface area is 680 Å². The average molecular weight is 1580 g/mol. The largest absolute Gasteiger partial charge is 0.481 e. The third-order valence-electron chi connectivity index (χ3n) is 24.4. The zero-order chi connectivity index (χ0) is 82.7. The summed E-state index contributed by atoms with van der Waals surface area (Å²) in [5.41, 5.74) is 4.23. The van der Waals surface area contributed by atoms with Gasteiger partial charge in [-0.2, -0.15) is 0 Å². The molecule has 3 amide bonds. The Hall–Kier alpha value is -7.63. The van der Waals surface area contributed by atoms with Crippen LogP contribution in [0.4, 0.5) is 14.4 Å². The molecular weight excluding hydrogens is 1440 g/mol. The fraction of sp³-hybridized carbons (Fsp3) is 0.663. The summed E-state index contributed by atoms with van der Waals surface area (Å²) in [6.45, 7) is 26.3. The van der Waals surface area contributed by atoms with Crippen LogP contribution in [0.3, 0.4) is 0 Å². The number of nitrogens with one attached hydrogen (secondary N) is 2. The van der Waals surface area contributed by atoms with Crippen LogP contribution in [0.25, 0.3) is 0 Å². The lowest BCUT2D eigenvalue weighted by molar-refractivity contribution is -0.141. The van der Waals surface area contributed by atoms with Crippen LogP contribution in [0.5, 0.6) is 0 Å². The van der Waals surface area contributed by atoms with Crippen molar-refractivity contribution in [3.05, 3.63) is 144 Å². The molecule has 12 rings (SSSR count). The van der Waals surface area contributed by atoms with Gasteiger partial charge in [0, 0.05) is 143 Å². The van der Waals surface area contributed by atoms with E-state index in [1.165, 1.54) is 75.0 Å². The molecule has 0 aromatic heterocycles. The molecule has 0 radical (unpaired) electrons. The third-order valence-corrected chi connectivity index (χ3v) is 24.4. The molecular formula is C92H138N8O14. The lowest BCUT2D eigenvalue weighted by Crippen LogP contribution is -2.52. The van der Waals surface area contributed by atoms with Crippen LogP contribution in [0.2, 0.25) is 0 Å². The first kappa shape index (κ1) is 90.3. The van der Waals surface area contributed by atoms with Gasteiger partial charge in [0.15, 0.2) is 0 Å². The second-order valence-electron chi connectivity index (χ2n) is 37.8. The van der Waals surface area contributed by atoms with E-state index in [0.717, 1.165) is 96.9 Å². The molecule has 8 aliphatic carbocycles. The first-order chi connectivity index (χ1) is 54.0. The first-order valence-corrected chi connectivity index (χ1v) is 42.3. The molecule has 630 valence electrons. The summed E-state index contributed by atoms with van der Waals surface area (Å²) in [7, 11) is 8.91. The summed E-state index contributed by atoms with van der Waals surface area (Å²) in [6, 6.07) is 43.2. The van der Waals surface area contributed by atoms with Crippen LogP contribution in [-0.4, -0.2) is 237 Å². The molecule has 0 spiro atoms. The molecule has 0 aliphatic heterocycles. The number of hydrogen-bond donors (Lipinski definition) is 4. The molecule has 0 saturated heterocycles. The van der Waals surface area contributed by atoms with Crippen molar-refractivity contribution >= 4 is 42.2 Å². The maximum absolute atomic E-state index is 13.2. The van der Waals surface area contributed by atoms with Crippen LogP contribution in [0.15, 0.2) is 121 Å². The van der Waals surface area contributed by atoms with Gasteiger partial charge in [-0.15, -0.1) is 0 Å². The number of esters is 2. The predicted octanol–water partition coefficient (Wildman–Crippen LogP) is 15.6. The molecule has 22 nitrogen and oxygen atoms in total. The van der Waals surface area contributed by atoms with Gasteiger partial charge in [-0.05, 0) is 188 Å². The van der Waals surface area contributed by atoms with E-state index in [4.69, 9.17) is 33.9 Å². The van der Waals surface area contributed by atoms with E-state index < -0.39 is 28.7 Å². The molecule has 8 fully saturated rings. The molecule has 4 unspecified atom stereocenters. The third kappa shape index (κ3) is 28.3. The van der Waals surface area contributed by atoms with Crippen molar-refractivity contribution in [1.82, 2.24) is 40.0 Å². The van der Waals surface area contributed by atoms with E-state index in [1.54, 1.807) is 0 Å². The number of aliphatic carboxylic acids is 2. The van der Waals surface area contributed by atoms with Gasteiger partial charge in [-0.25, -0.2) is 14.4 Å². The summed E-state index contributed by atoms with van der Waals surface area (Å²) < 4.78 is 26.8. The van der Waals surface area contributed by atoms with Crippen molar-refractivity contribution in [2.24, 2.45) is 21.7 Å². The number of rotatable bonds is 36. The maximum atomic E-state index is 13.2. The molecule has 114 heavy (non-hydrogen) atoms. The van der Waals surface area contributed by atoms with Crippen molar-refractivity contribution in [3.63, 3.8) is 0 Å². The lowest BCUT2D eigenvalue weighted by Gasteiger charge is -2.47. The molecule has 4 N–H and O–H groups in total. The number of carboxylic acid groups (broad SMARTS) is 2. The smallest absolute Gasteiger partial charge is 0.410 e. The van der Waals surface area contributed by atoms with Gasteiger partial charge < -0.3 is 73.9 Å². The number of carboxylic acids is 2. The van der Waals surface area contributed by atoms with Crippen molar-refractivity contribution in [2.75, 3.05) is 114 Å². The minimum absolute atomic E-state index is 0.0218. The number of carbonyl (C=O) groups is 7. The first-order valence-electron chi connectivity index (χ1n) is 42.3. The fourth-order valence-electron chi connectivity index (χ4n) is 17.4. The minimum Gasteiger partial charge on any atom is -0.481 e. The van der Waals surface area contributed by atoms with Gasteiger partial charge in [-0.3, -0.25) is 19.2 Å². The van der Waals surface area contributed by atoms with Crippen molar-refractivity contribution < 1.29 is 67.5 Å². The number of methoxy groups -OCH3 is 2. The highest BCUT2D eigenvalue weighted by Crippen LogP contribution is 2.53. The minimum atomic E-state index is -0.774. The molecule has 8 aliphatic rings. The number of benzene rings is 4. The Balaban J connectivity index is 0.000000175. The zero-order valence-electron chi connectivity index (χ0n) is 71.3. The number of carbonyl (C=O) groups excluding carboxylic acids is 5. The summed E-state index contributed by atoms with van der Waals surface area (Å²) in [4.78, 5) is 96.4. The highest BCUT2D eigenvalue weighted by Gasteiger charge is 2.54. The molecule has 8 saturated carbocycles. The molecule has 8 atom stereocenters. The van der Waals surface area contributed by atoms with Gasteiger partial charge in [0.05, 0.1) is 39.9 Å². The maximum Gasteiger partial charge on any atom is 0.410 e. The second-order valence-corrected chi connectivity index (χ2v) is 37.8. The quantitative estimate of drug-likeness (QED) is 0.0188. The Kier molecular flexibility index (Phi) is 32.1. The van der Waals surface area contributed by atoms with Gasteiger partial charge in [-0.1, -0.05) is 147 Å². The fourth-order valence-corrected chi connectivity index (χ4v) is 17.4. The monoisotopic (exact) mass is 1580 g/mol. The summed E-state index contributed by atoms with van der Waals surface area (Å²) in [6.07, 6.45) is 18.5. The normalized spacial score (nSPS) is 22.7. The predicted molar refractivity (Wildman–Crippen MR) is 445 cm³/mol. The zero-order valence-corrected chi connectivity index (χ0v) is 71.3. The number of hydrogen-bond acceptors (Lipinski definition) is 17. The molecule has 22 heteroatoms. The van der Waals surface area contributed by atoms with Crippen molar-refractivity contribution in [1.29, 1.82) is 0 Å². The van der Waals surface area contributed by atoms with Crippen LogP contribution in [0, 0.1) is 21.7 Å². The van der Waals surface area contributed by atoms with Gasteiger partial charge >= 0.3 is 42.2 Å². The van der Waals surface area contributed by atoms with Gasteiger partial charge in [0.25, 0.3) is 0 Å². The van der Waals surface area contributed by atoms with E-state index in [9.17, 15) is 33.6 Å². The van der Waals surface area contributed by atoms with E-state index in [2.05, 4.69) is 116 Å². The Morgan fingerprint density at radius 3 is 0.974 bits per heavy atom. The summed E-state index contributed by atoms with van der Waals surface area (Å²) in [5, 5.41) is 25.0. The standard InChI is InChI=1S/C25H38N2O4.2C24H36N2O4.C19H28N2O2/c1-24(2,3)31-23(29)27(21-16-20(21)19-10-7-6-8-11-19)18-25(13-9-14-25)17-26(4)15-12-22(28)30-5;1-23(2,3)30-22(28)26(20-15-19(20)18-9-6-5-7-10-18)17-24(12-8-13-24)16-25-14-11-21(27)29-4;1-23(2,3)30-22(29)26(20-15-19(20)18-9-6-5-7-10-18)17-24(12-8-13-24)16-25(4)14-11-21(27)28;1-21(11-8-18(22)23)14-19(9-5-10-19)13-20-17-12-16(17)15-6-3-2-4-7-15/h6-8,10-11,20-21H,9,12-18H2,1-5H3;5-7,9-10,19-20,25H,8,11-17H2,1-4H3;5-7,9-10,19-20H,8,11-17H2,1-4H3,(H,27,28);2-4,6-7,16-17,20H,5,8-14H2,1H3,(H,22,23)/t20?,21-;2*19?,20-;16?,17-/m0000/s1. The highest BCUT2D eigenvalue weighted by atomic mass is 16.6. The summed E-state index contributed by atoms with van der Waals surface area (Å²) in [5.74, 6) is -0.0765. The van der Waals surface area contributed by atoms with E-state index in [-0.39, 0.29) is 77.4 Å². The SMILES string of the molecule is CN(CCC(=O)O)CC1(CN(C(=O)OC(C)(C)C)[C@H]2CC2c2ccccc2)CCC1.CN(CCC(=O)O)CC1(CN[C@H]2CC2c2ccccc2)CCC1.COC(=O)CCN(C)CC1(CN(C(=O)OC(C)(C)C)[C@H]2CC2c2ccccc2)CCC1.COC(=O)CCNCC1(CN(C(=O)OC(C)(C)C)[C@H]2CC2c2ccccc2)CCC1. The molecule has 4 aromatic rings. The van der Waals surface area contributed by atoms with E-state index in [0.29, 0.717) is 93.8 Å². The van der Waals surface area contributed by atoms with E-state index >= 15 is 0 Å². The Bertz CT molecular complexity index is 3700.